The second kappa shape index (κ2) is 5.45. The van der Waals surface area contributed by atoms with E-state index >= 15 is 0 Å². The fourth-order valence-corrected chi connectivity index (χ4v) is 1.53. The summed E-state index contributed by atoms with van der Waals surface area (Å²) < 4.78 is 39.8. The third-order valence-electron chi connectivity index (χ3n) is 1.95. The Bertz CT molecular complexity index is 450. The summed E-state index contributed by atoms with van der Waals surface area (Å²) >= 11 is 5.61. The molecule has 0 aromatic heterocycles. The van der Waals surface area contributed by atoms with Crippen molar-refractivity contribution >= 4 is 17.6 Å². The molecule has 3 N–H and O–H groups in total. The highest BCUT2D eigenvalue weighted by molar-refractivity contribution is 6.30. The van der Waals surface area contributed by atoms with Crippen LogP contribution in [0.4, 0.5) is 13.2 Å². The Hall–Kier alpha value is -1.47. The maximum atomic E-state index is 12.0. The van der Waals surface area contributed by atoms with Gasteiger partial charge in [0.1, 0.15) is 5.75 Å². The molecule has 100 valence electrons. The number of halogens is 4. The van der Waals surface area contributed by atoms with Gasteiger partial charge in [0.15, 0.2) is 0 Å². The summed E-state index contributed by atoms with van der Waals surface area (Å²) in [6.45, 7) is 0. The number of hydrogen-bond acceptors (Lipinski definition) is 3. The van der Waals surface area contributed by atoms with Crippen LogP contribution in [0, 0.1) is 0 Å². The summed E-state index contributed by atoms with van der Waals surface area (Å²) in [4.78, 5) is 10.5. The molecule has 0 bridgehead atoms. The van der Waals surface area contributed by atoms with Crippen LogP contribution < -0.4 is 10.5 Å². The summed E-state index contributed by atoms with van der Waals surface area (Å²) in [6.07, 6.45) is -5.27. The van der Waals surface area contributed by atoms with Crippen LogP contribution in [0.25, 0.3) is 0 Å². The number of rotatable bonds is 4. The molecule has 0 heterocycles. The number of ether oxygens (including phenoxy) is 1. The summed E-state index contributed by atoms with van der Waals surface area (Å²) in [6, 6.07) is 2.30. The number of nitrogens with two attached hydrogens (primary N) is 1. The van der Waals surface area contributed by atoms with Crippen LogP contribution in [-0.2, 0) is 4.79 Å². The first-order chi connectivity index (χ1) is 8.17. The van der Waals surface area contributed by atoms with E-state index in [0.29, 0.717) is 0 Å². The third kappa shape index (κ3) is 4.80. The Morgan fingerprint density at radius 1 is 1.44 bits per heavy atom. The zero-order chi connectivity index (χ0) is 13.9. The molecule has 0 fully saturated rings. The van der Waals surface area contributed by atoms with E-state index in [9.17, 15) is 18.0 Å². The van der Waals surface area contributed by atoms with E-state index in [0.717, 1.165) is 12.1 Å². The first-order valence-electron chi connectivity index (χ1n) is 4.71. The van der Waals surface area contributed by atoms with Gasteiger partial charge in [-0.05, 0) is 23.8 Å². The number of carbonyl (C=O) groups is 1. The van der Waals surface area contributed by atoms with Crippen molar-refractivity contribution in [3.63, 3.8) is 0 Å². The molecule has 4 nitrogen and oxygen atoms in total. The van der Waals surface area contributed by atoms with Crippen molar-refractivity contribution in [1.29, 1.82) is 0 Å². The first kappa shape index (κ1) is 14.6. The van der Waals surface area contributed by atoms with Crippen molar-refractivity contribution < 1.29 is 27.8 Å². The molecular formula is C10H9ClF3NO3. The third-order valence-corrected chi connectivity index (χ3v) is 2.17. The molecule has 0 unspecified atom stereocenters. The lowest BCUT2D eigenvalue weighted by Gasteiger charge is -2.14. The summed E-state index contributed by atoms with van der Waals surface area (Å²) in [7, 11) is 0. The first-order valence-corrected chi connectivity index (χ1v) is 5.09. The molecule has 0 radical (unpaired) electrons. The molecule has 1 rings (SSSR count). The molecule has 0 amide bonds. The molecule has 0 aliphatic rings. The lowest BCUT2D eigenvalue weighted by atomic mass is 10.0. The molecule has 0 aliphatic carbocycles. The van der Waals surface area contributed by atoms with Crippen LogP contribution in [0.3, 0.4) is 0 Å². The molecule has 0 spiro atoms. The monoisotopic (exact) mass is 283 g/mol. The van der Waals surface area contributed by atoms with Crippen LogP contribution in [0.1, 0.15) is 18.0 Å². The van der Waals surface area contributed by atoms with E-state index in [4.69, 9.17) is 22.4 Å². The van der Waals surface area contributed by atoms with Crippen molar-refractivity contribution in [3.05, 3.63) is 28.8 Å². The smallest absolute Gasteiger partial charge is 0.481 e. The van der Waals surface area contributed by atoms with Gasteiger partial charge >= 0.3 is 12.3 Å². The number of carboxylic acid groups (broad SMARTS) is 1. The lowest BCUT2D eigenvalue weighted by Crippen LogP contribution is -2.18. The van der Waals surface area contributed by atoms with E-state index in [1.807, 2.05) is 0 Å². The van der Waals surface area contributed by atoms with Gasteiger partial charge in [-0.2, -0.15) is 0 Å². The number of alkyl halides is 3. The minimum absolute atomic E-state index is 0.0208. The van der Waals surface area contributed by atoms with Gasteiger partial charge in [-0.25, -0.2) is 0 Å². The molecule has 18 heavy (non-hydrogen) atoms. The van der Waals surface area contributed by atoms with Crippen molar-refractivity contribution in [2.45, 2.75) is 18.8 Å². The van der Waals surface area contributed by atoms with Gasteiger partial charge in [0.25, 0.3) is 0 Å². The van der Waals surface area contributed by atoms with Crippen LogP contribution >= 0.6 is 11.6 Å². The standard InChI is InChI=1S/C10H9ClF3NO3/c11-6-1-5(8(15)4-9(16)17)2-7(3-6)18-10(12,13)14/h1-3,8H,4,15H2,(H,16,17)/t8-/m0/s1. The predicted octanol–water partition coefficient (Wildman–Crippen LogP) is 2.71. The molecule has 0 aliphatic heterocycles. The summed E-state index contributed by atoms with van der Waals surface area (Å²) in [5.41, 5.74) is 5.68. The average molecular weight is 284 g/mol. The minimum Gasteiger partial charge on any atom is -0.481 e. The van der Waals surface area contributed by atoms with Gasteiger partial charge in [0.2, 0.25) is 0 Å². The van der Waals surface area contributed by atoms with Crippen LogP contribution in [-0.4, -0.2) is 17.4 Å². The summed E-state index contributed by atoms with van der Waals surface area (Å²) in [5, 5.41) is 8.53. The fraction of sp³-hybridized carbons (Fsp3) is 0.300. The highest BCUT2D eigenvalue weighted by Crippen LogP contribution is 2.29. The van der Waals surface area contributed by atoms with E-state index in [2.05, 4.69) is 4.74 Å². The number of carboxylic acids is 1. The molecular weight excluding hydrogens is 275 g/mol. The number of aliphatic carboxylic acids is 1. The molecule has 1 aromatic carbocycles. The molecule has 1 aromatic rings. The quantitative estimate of drug-likeness (QED) is 0.891. The average Bonchev–Trinajstić information content (AvgIpc) is 2.12. The van der Waals surface area contributed by atoms with Gasteiger partial charge < -0.3 is 15.6 Å². The summed E-state index contributed by atoms with van der Waals surface area (Å²) in [5.74, 6) is -1.70. The van der Waals surface area contributed by atoms with Gasteiger partial charge in [-0.3, -0.25) is 4.79 Å². The molecule has 0 saturated carbocycles. The molecule has 1 atom stereocenters. The van der Waals surface area contributed by atoms with E-state index in [-0.39, 0.29) is 10.6 Å². The Morgan fingerprint density at radius 3 is 2.56 bits per heavy atom. The van der Waals surface area contributed by atoms with Crippen molar-refractivity contribution in [1.82, 2.24) is 0 Å². The Labute approximate surface area is 105 Å². The zero-order valence-corrected chi connectivity index (χ0v) is 9.63. The number of benzene rings is 1. The van der Waals surface area contributed by atoms with Gasteiger partial charge in [0, 0.05) is 11.1 Å². The number of hydrogen-bond donors (Lipinski definition) is 2. The lowest BCUT2D eigenvalue weighted by molar-refractivity contribution is -0.274. The SMILES string of the molecule is N[C@@H](CC(=O)O)c1cc(Cl)cc(OC(F)(F)F)c1. The maximum absolute atomic E-state index is 12.0. The topological polar surface area (TPSA) is 72.6 Å². The van der Waals surface area contributed by atoms with Crippen LogP contribution in [0.15, 0.2) is 18.2 Å². The minimum atomic E-state index is -4.85. The maximum Gasteiger partial charge on any atom is 0.573 e. The van der Waals surface area contributed by atoms with E-state index < -0.39 is 30.5 Å². The van der Waals surface area contributed by atoms with Crippen LogP contribution in [0.2, 0.25) is 5.02 Å². The van der Waals surface area contributed by atoms with Gasteiger partial charge in [0.05, 0.1) is 6.42 Å². The highest BCUT2D eigenvalue weighted by atomic mass is 35.5. The van der Waals surface area contributed by atoms with Gasteiger partial charge in [-0.15, -0.1) is 13.2 Å². The van der Waals surface area contributed by atoms with Crippen molar-refractivity contribution in [2.24, 2.45) is 5.73 Å². The van der Waals surface area contributed by atoms with E-state index in [1.54, 1.807) is 0 Å². The molecule has 0 saturated heterocycles. The Morgan fingerprint density at radius 2 is 2.06 bits per heavy atom. The van der Waals surface area contributed by atoms with Crippen LogP contribution in [0.5, 0.6) is 5.75 Å². The second-order valence-corrected chi connectivity index (χ2v) is 3.91. The second-order valence-electron chi connectivity index (χ2n) is 3.47. The Kier molecular flexibility index (Phi) is 4.42. The highest BCUT2D eigenvalue weighted by Gasteiger charge is 2.31. The normalized spacial score (nSPS) is 13.2. The largest absolute Gasteiger partial charge is 0.573 e. The molecule has 8 heteroatoms. The van der Waals surface area contributed by atoms with Crippen molar-refractivity contribution in [3.8, 4) is 5.75 Å². The van der Waals surface area contributed by atoms with E-state index in [1.165, 1.54) is 6.07 Å². The van der Waals surface area contributed by atoms with Gasteiger partial charge in [-0.1, -0.05) is 11.6 Å². The fourth-order valence-electron chi connectivity index (χ4n) is 1.30. The Balaban J connectivity index is 2.97. The zero-order valence-electron chi connectivity index (χ0n) is 8.87. The van der Waals surface area contributed by atoms with Crippen molar-refractivity contribution in [2.75, 3.05) is 0 Å². The predicted molar refractivity (Wildman–Crippen MR) is 57.3 cm³/mol.